The average Bonchev–Trinajstić information content (AvgIpc) is 2.04. The Morgan fingerprint density at radius 1 is 1.31 bits per heavy atom. The first-order chi connectivity index (χ1) is 6.18. The molecule has 1 aromatic carbocycles. The van der Waals surface area contributed by atoms with Crippen LogP contribution in [0.3, 0.4) is 0 Å². The molecule has 0 amide bonds. The highest BCUT2D eigenvalue weighted by Gasteiger charge is 1.99. The lowest BCUT2D eigenvalue weighted by Gasteiger charge is -2.11. The van der Waals surface area contributed by atoms with Crippen molar-refractivity contribution in [1.82, 2.24) is 0 Å². The van der Waals surface area contributed by atoms with Crippen molar-refractivity contribution in [2.45, 2.75) is 20.0 Å². The number of ether oxygens (including phenoxy) is 1. The maximum Gasteiger partial charge on any atom is 0.261 e. The molecule has 0 saturated carbocycles. The van der Waals surface area contributed by atoms with E-state index in [0.717, 1.165) is 5.69 Å². The Balaban J connectivity index is 2.46. The maximum atomic E-state index is 5.27. The predicted octanol–water partition coefficient (Wildman–Crippen LogP) is 2.81. The lowest BCUT2D eigenvalue weighted by molar-refractivity contribution is 0.235. The zero-order valence-electron chi connectivity index (χ0n) is 7.78. The minimum atomic E-state index is 0.115. The van der Waals surface area contributed by atoms with Crippen molar-refractivity contribution in [3.63, 3.8) is 0 Å². The van der Waals surface area contributed by atoms with Gasteiger partial charge >= 0.3 is 0 Å². The van der Waals surface area contributed by atoms with Gasteiger partial charge in [-0.25, -0.2) is 0 Å². The van der Waals surface area contributed by atoms with E-state index in [-0.39, 0.29) is 6.10 Å². The van der Waals surface area contributed by atoms with Gasteiger partial charge in [0.2, 0.25) is 0 Å². The molecule has 1 aromatic rings. The zero-order valence-corrected chi connectivity index (χ0v) is 8.60. The molecule has 0 bridgehead atoms. The monoisotopic (exact) mass is 195 g/mol. The Kier molecular flexibility index (Phi) is 3.71. The van der Waals surface area contributed by atoms with Crippen LogP contribution in [-0.2, 0) is 4.74 Å². The zero-order chi connectivity index (χ0) is 9.68. The second-order valence-electron chi connectivity index (χ2n) is 2.95. The Bertz CT molecular complexity index is 272. The van der Waals surface area contributed by atoms with Crippen LogP contribution in [0.2, 0.25) is 0 Å². The predicted molar refractivity (Wildman–Crippen MR) is 58.9 cm³/mol. The van der Waals surface area contributed by atoms with E-state index in [1.807, 2.05) is 44.2 Å². The molecule has 0 heterocycles. The first kappa shape index (κ1) is 9.99. The highest BCUT2D eigenvalue weighted by Crippen LogP contribution is 2.05. The van der Waals surface area contributed by atoms with Gasteiger partial charge in [-0.15, -0.1) is 0 Å². The van der Waals surface area contributed by atoms with E-state index >= 15 is 0 Å². The van der Waals surface area contributed by atoms with Crippen LogP contribution < -0.4 is 5.32 Å². The van der Waals surface area contributed by atoms with Crippen molar-refractivity contribution in [3.05, 3.63) is 30.3 Å². The summed E-state index contributed by atoms with van der Waals surface area (Å²) in [4.78, 5) is 0. The van der Waals surface area contributed by atoms with Gasteiger partial charge in [-0.3, -0.25) is 0 Å². The summed E-state index contributed by atoms with van der Waals surface area (Å²) in [6, 6.07) is 9.73. The van der Waals surface area contributed by atoms with Gasteiger partial charge in [-0.2, -0.15) is 0 Å². The Hall–Kier alpha value is -1.09. The quantitative estimate of drug-likeness (QED) is 0.733. The third-order valence-electron chi connectivity index (χ3n) is 1.36. The molecule has 0 spiro atoms. The number of hydrogen-bond donors (Lipinski definition) is 1. The van der Waals surface area contributed by atoms with E-state index < -0.39 is 0 Å². The van der Waals surface area contributed by atoms with Gasteiger partial charge in [0, 0.05) is 5.69 Å². The second-order valence-corrected chi connectivity index (χ2v) is 3.32. The van der Waals surface area contributed by atoms with Crippen molar-refractivity contribution in [1.29, 1.82) is 0 Å². The number of nitrogens with one attached hydrogen (secondary N) is 1. The van der Waals surface area contributed by atoms with Crippen LogP contribution in [0.4, 0.5) is 5.69 Å². The topological polar surface area (TPSA) is 21.3 Å². The molecule has 0 unspecified atom stereocenters. The largest absolute Gasteiger partial charge is 0.468 e. The summed E-state index contributed by atoms with van der Waals surface area (Å²) < 4.78 is 5.27. The minimum absolute atomic E-state index is 0.115. The first-order valence-electron chi connectivity index (χ1n) is 4.21. The molecule has 0 aliphatic heterocycles. The van der Waals surface area contributed by atoms with Gasteiger partial charge < -0.3 is 10.1 Å². The van der Waals surface area contributed by atoms with Crippen LogP contribution in [-0.4, -0.2) is 11.3 Å². The highest BCUT2D eigenvalue weighted by molar-refractivity contribution is 7.80. The maximum absolute atomic E-state index is 5.27. The van der Waals surface area contributed by atoms with Crippen LogP contribution in [0.5, 0.6) is 0 Å². The molecule has 1 N–H and O–H groups in total. The van der Waals surface area contributed by atoms with Gasteiger partial charge in [0.05, 0.1) is 6.10 Å². The molecule has 0 saturated heterocycles. The van der Waals surface area contributed by atoms with Gasteiger partial charge in [0.15, 0.2) is 0 Å². The Labute approximate surface area is 83.9 Å². The molecule has 13 heavy (non-hydrogen) atoms. The number of benzene rings is 1. The number of hydrogen-bond acceptors (Lipinski definition) is 2. The molecule has 0 aromatic heterocycles. The number of anilines is 1. The van der Waals surface area contributed by atoms with Gasteiger partial charge in [0.1, 0.15) is 0 Å². The molecule has 0 atom stereocenters. The highest BCUT2D eigenvalue weighted by atomic mass is 32.1. The lowest BCUT2D eigenvalue weighted by Crippen LogP contribution is -2.17. The van der Waals surface area contributed by atoms with Gasteiger partial charge in [0.25, 0.3) is 5.17 Å². The fraction of sp³-hybridized carbons (Fsp3) is 0.300. The van der Waals surface area contributed by atoms with Crippen LogP contribution in [0.25, 0.3) is 0 Å². The summed E-state index contributed by atoms with van der Waals surface area (Å²) in [6.45, 7) is 3.89. The molecule has 3 heteroatoms. The average molecular weight is 195 g/mol. The summed E-state index contributed by atoms with van der Waals surface area (Å²) in [5, 5.41) is 3.40. The van der Waals surface area contributed by atoms with Crippen LogP contribution >= 0.6 is 12.2 Å². The third-order valence-corrected chi connectivity index (χ3v) is 1.56. The van der Waals surface area contributed by atoms with Crippen molar-refractivity contribution in [2.24, 2.45) is 0 Å². The molecule has 70 valence electrons. The summed E-state index contributed by atoms with van der Waals surface area (Å²) in [6.07, 6.45) is 0.115. The Morgan fingerprint density at radius 3 is 2.46 bits per heavy atom. The smallest absolute Gasteiger partial charge is 0.261 e. The summed E-state index contributed by atoms with van der Waals surface area (Å²) in [5.41, 5.74) is 0.952. The van der Waals surface area contributed by atoms with Gasteiger partial charge in [-0.1, -0.05) is 18.2 Å². The van der Waals surface area contributed by atoms with E-state index in [1.165, 1.54) is 0 Å². The minimum Gasteiger partial charge on any atom is -0.468 e. The van der Waals surface area contributed by atoms with E-state index in [4.69, 9.17) is 17.0 Å². The fourth-order valence-electron chi connectivity index (χ4n) is 0.883. The van der Waals surface area contributed by atoms with Crippen LogP contribution in [0.1, 0.15) is 13.8 Å². The van der Waals surface area contributed by atoms with Crippen LogP contribution in [0, 0.1) is 0 Å². The third kappa shape index (κ3) is 3.90. The SMILES string of the molecule is CC(C)OC(=S)Nc1ccccc1. The molecule has 2 nitrogen and oxygen atoms in total. The standard InChI is InChI=1S/C10H13NOS/c1-8(2)12-10(13)11-9-6-4-3-5-7-9/h3-8H,1-2H3,(H,11,13). The van der Waals surface area contributed by atoms with Gasteiger partial charge in [-0.05, 0) is 38.2 Å². The number of para-hydroxylation sites is 1. The van der Waals surface area contributed by atoms with Crippen molar-refractivity contribution >= 4 is 23.1 Å². The summed E-state index contributed by atoms with van der Waals surface area (Å²) in [7, 11) is 0. The number of thiocarbonyl (C=S) groups is 1. The summed E-state index contributed by atoms with van der Waals surface area (Å²) >= 11 is 4.98. The lowest BCUT2D eigenvalue weighted by atomic mass is 10.3. The van der Waals surface area contributed by atoms with E-state index in [1.54, 1.807) is 0 Å². The van der Waals surface area contributed by atoms with E-state index in [0.29, 0.717) is 5.17 Å². The number of rotatable bonds is 2. The molecule has 0 aliphatic rings. The molecule has 1 rings (SSSR count). The molecule has 0 aliphatic carbocycles. The fourth-order valence-corrected chi connectivity index (χ4v) is 1.19. The molecular formula is C10H13NOS. The molecule has 0 radical (unpaired) electrons. The van der Waals surface area contributed by atoms with Crippen molar-refractivity contribution in [3.8, 4) is 0 Å². The van der Waals surface area contributed by atoms with E-state index in [9.17, 15) is 0 Å². The molecular weight excluding hydrogens is 182 g/mol. The summed E-state index contributed by atoms with van der Waals surface area (Å²) in [5.74, 6) is 0. The van der Waals surface area contributed by atoms with Crippen molar-refractivity contribution < 1.29 is 4.74 Å². The second kappa shape index (κ2) is 4.82. The molecule has 0 fully saturated rings. The Morgan fingerprint density at radius 2 is 1.92 bits per heavy atom. The van der Waals surface area contributed by atoms with E-state index in [2.05, 4.69) is 5.32 Å². The normalized spacial score (nSPS) is 9.77. The van der Waals surface area contributed by atoms with Crippen LogP contribution in [0.15, 0.2) is 30.3 Å². The van der Waals surface area contributed by atoms with Crippen molar-refractivity contribution in [2.75, 3.05) is 5.32 Å². The first-order valence-corrected chi connectivity index (χ1v) is 4.62.